The number of benzene rings is 2. The first-order valence-electron chi connectivity index (χ1n) is 9.89. The molecule has 0 bridgehead atoms. The van der Waals surface area contributed by atoms with Crippen LogP contribution in [0.5, 0.6) is 0 Å². The molecule has 0 saturated heterocycles. The standard InChI is InChI=1S/C23H24F2N2O2/c1-14-11-18-17(7-8-20(29)27-23(13-28)9-2-10-23)21(26-22(18)19(25)12-14)15-3-5-16(24)6-4-15/h3-6,11-12,26,28H,2,7-10,13H2,1H3,(H,27,29). The first kappa shape index (κ1) is 19.6. The van der Waals surface area contributed by atoms with Crippen LogP contribution in [-0.2, 0) is 11.2 Å². The number of rotatable bonds is 6. The summed E-state index contributed by atoms with van der Waals surface area (Å²) < 4.78 is 27.9. The molecule has 6 heteroatoms. The molecule has 4 nitrogen and oxygen atoms in total. The lowest BCUT2D eigenvalue weighted by atomic mass is 9.77. The molecule has 3 aromatic rings. The highest BCUT2D eigenvalue weighted by molar-refractivity contribution is 5.92. The van der Waals surface area contributed by atoms with Crippen molar-refractivity contribution in [2.45, 2.75) is 44.6 Å². The average Bonchev–Trinajstić information content (AvgIpc) is 3.02. The lowest BCUT2D eigenvalue weighted by Crippen LogP contribution is -2.56. The van der Waals surface area contributed by atoms with E-state index in [2.05, 4.69) is 10.3 Å². The Kier molecular flexibility index (Phi) is 5.13. The van der Waals surface area contributed by atoms with E-state index in [1.54, 1.807) is 12.1 Å². The van der Waals surface area contributed by atoms with Gasteiger partial charge in [0.1, 0.15) is 11.6 Å². The topological polar surface area (TPSA) is 65.1 Å². The van der Waals surface area contributed by atoms with Gasteiger partial charge >= 0.3 is 0 Å². The second kappa shape index (κ2) is 7.59. The van der Waals surface area contributed by atoms with Gasteiger partial charge in [-0.2, -0.15) is 0 Å². The summed E-state index contributed by atoms with van der Waals surface area (Å²) in [7, 11) is 0. The highest BCUT2D eigenvalue weighted by atomic mass is 19.1. The Bertz CT molecular complexity index is 1050. The predicted octanol–water partition coefficient (Wildman–Crippen LogP) is 4.39. The van der Waals surface area contributed by atoms with Crippen LogP contribution in [-0.4, -0.2) is 28.1 Å². The Balaban J connectivity index is 1.67. The number of aromatic amines is 1. The summed E-state index contributed by atoms with van der Waals surface area (Å²) in [5, 5.41) is 13.3. The number of carbonyl (C=O) groups is 1. The van der Waals surface area contributed by atoms with Crippen LogP contribution in [0.15, 0.2) is 36.4 Å². The predicted molar refractivity (Wildman–Crippen MR) is 109 cm³/mol. The molecule has 3 N–H and O–H groups in total. The van der Waals surface area contributed by atoms with Gasteiger partial charge in [0.05, 0.1) is 17.7 Å². The second-order valence-corrected chi connectivity index (χ2v) is 7.99. The van der Waals surface area contributed by atoms with Crippen molar-refractivity contribution < 1.29 is 18.7 Å². The van der Waals surface area contributed by atoms with Gasteiger partial charge in [0.2, 0.25) is 5.91 Å². The van der Waals surface area contributed by atoms with Crippen molar-refractivity contribution in [1.82, 2.24) is 10.3 Å². The van der Waals surface area contributed by atoms with Crippen LogP contribution in [0.25, 0.3) is 22.2 Å². The number of H-pyrrole nitrogens is 1. The maximum absolute atomic E-state index is 14.5. The highest BCUT2D eigenvalue weighted by Gasteiger charge is 2.37. The van der Waals surface area contributed by atoms with Gasteiger partial charge < -0.3 is 15.4 Å². The number of carbonyl (C=O) groups excluding carboxylic acids is 1. The SMILES string of the molecule is Cc1cc(F)c2[nH]c(-c3ccc(F)cc3)c(CCC(=O)NC3(CO)CCC3)c2c1. The van der Waals surface area contributed by atoms with Gasteiger partial charge in [0.25, 0.3) is 0 Å². The minimum Gasteiger partial charge on any atom is -0.394 e. The summed E-state index contributed by atoms with van der Waals surface area (Å²) in [4.78, 5) is 15.6. The summed E-state index contributed by atoms with van der Waals surface area (Å²) in [6.07, 6.45) is 3.19. The van der Waals surface area contributed by atoms with Crippen molar-refractivity contribution in [2.75, 3.05) is 6.61 Å². The largest absolute Gasteiger partial charge is 0.394 e. The molecule has 1 saturated carbocycles. The molecular formula is C23H24F2N2O2. The molecule has 1 amide bonds. The average molecular weight is 398 g/mol. The third-order valence-electron chi connectivity index (χ3n) is 5.86. The van der Waals surface area contributed by atoms with Gasteiger partial charge in [0.15, 0.2) is 0 Å². The number of aryl methyl sites for hydroxylation is 2. The van der Waals surface area contributed by atoms with Gasteiger partial charge in [-0.15, -0.1) is 0 Å². The van der Waals surface area contributed by atoms with E-state index in [1.807, 2.05) is 13.0 Å². The van der Waals surface area contributed by atoms with Crippen LogP contribution in [0.2, 0.25) is 0 Å². The minimum absolute atomic E-state index is 0.0585. The van der Waals surface area contributed by atoms with Crippen LogP contribution in [0, 0.1) is 18.6 Å². The van der Waals surface area contributed by atoms with E-state index in [-0.39, 0.29) is 30.6 Å². The number of nitrogens with one attached hydrogen (secondary N) is 2. The number of aliphatic hydroxyl groups is 1. The van der Waals surface area contributed by atoms with E-state index < -0.39 is 5.54 Å². The maximum atomic E-state index is 14.5. The third kappa shape index (κ3) is 3.77. The number of amides is 1. The molecule has 29 heavy (non-hydrogen) atoms. The lowest BCUT2D eigenvalue weighted by molar-refractivity contribution is -0.125. The highest BCUT2D eigenvalue weighted by Crippen LogP contribution is 2.34. The molecule has 0 atom stereocenters. The van der Waals surface area contributed by atoms with E-state index in [1.165, 1.54) is 18.2 Å². The Morgan fingerprint density at radius 3 is 2.55 bits per heavy atom. The molecule has 0 radical (unpaired) electrons. The lowest BCUT2D eigenvalue weighted by Gasteiger charge is -2.41. The van der Waals surface area contributed by atoms with E-state index in [4.69, 9.17) is 0 Å². The molecule has 1 aliphatic rings. The summed E-state index contributed by atoms with van der Waals surface area (Å²) in [6, 6.07) is 9.37. The van der Waals surface area contributed by atoms with Crippen LogP contribution in [0.3, 0.4) is 0 Å². The summed E-state index contributed by atoms with van der Waals surface area (Å²) in [5.41, 5.74) is 2.95. The van der Waals surface area contributed by atoms with E-state index >= 15 is 0 Å². The Labute approximate surface area is 167 Å². The zero-order valence-electron chi connectivity index (χ0n) is 16.3. The molecule has 2 aromatic carbocycles. The number of hydrogen-bond donors (Lipinski definition) is 3. The van der Waals surface area contributed by atoms with E-state index in [0.29, 0.717) is 17.6 Å². The van der Waals surface area contributed by atoms with Gasteiger partial charge in [-0.3, -0.25) is 4.79 Å². The normalized spacial score (nSPS) is 15.3. The fourth-order valence-electron chi connectivity index (χ4n) is 4.09. The fourth-order valence-corrected chi connectivity index (χ4v) is 4.09. The number of hydrogen-bond acceptors (Lipinski definition) is 2. The number of fused-ring (bicyclic) bond motifs is 1. The molecule has 1 aliphatic carbocycles. The maximum Gasteiger partial charge on any atom is 0.220 e. The number of aliphatic hydroxyl groups excluding tert-OH is 1. The molecule has 0 spiro atoms. The van der Waals surface area contributed by atoms with Crippen LogP contribution < -0.4 is 5.32 Å². The van der Waals surface area contributed by atoms with Gasteiger partial charge in [0, 0.05) is 17.5 Å². The van der Waals surface area contributed by atoms with Crippen LogP contribution in [0.4, 0.5) is 8.78 Å². The number of aromatic nitrogens is 1. The Morgan fingerprint density at radius 1 is 1.21 bits per heavy atom. The van der Waals surface area contributed by atoms with Crippen molar-refractivity contribution >= 4 is 16.8 Å². The van der Waals surface area contributed by atoms with Crippen LogP contribution in [0.1, 0.15) is 36.8 Å². The monoisotopic (exact) mass is 398 g/mol. The van der Waals surface area contributed by atoms with E-state index in [0.717, 1.165) is 41.3 Å². The van der Waals surface area contributed by atoms with Crippen molar-refractivity contribution in [1.29, 1.82) is 0 Å². The first-order chi connectivity index (χ1) is 13.9. The van der Waals surface area contributed by atoms with Gasteiger partial charge in [-0.05, 0) is 85.7 Å². The second-order valence-electron chi connectivity index (χ2n) is 7.99. The molecule has 1 heterocycles. The van der Waals surface area contributed by atoms with Gasteiger partial charge in [-0.25, -0.2) is 8.78 Å². The quantitative estimate of drug-likeness (QED) is 0.577. The summed E-state index contributed by atoms with van der Waals surface area (Å²) in [5.74, 6) is -0.832. The third-order valence-corrected chi connectivity index (χ3v) is 5.86. The van der Waals surface area contributed by atoms with Gasteiger partial charge in [-0.1, -0.05) is 0 Å². The molecule has 1 fully saturated rings. The molecule has 152 valence electrons. The summed E-state index contributed by atoms with van der Waals surface area (Å²) >= 11 is 0. The molecule has 1 aromatic heterocycles. The minimum atomic E-state index is -0.486. The molecular weight excluding hydrogens is 374 g/mol. The van der Waals surface area contributed by atoms with Crippen molar-refractivity contribution in [3.8, 4) is 11.3 Å². The summed E-state index contributed by atoms with van der Waals surface area (Å²) in [6.45, 7) is 1.77. The van der Waals surface area contributed by atoms with Crippen molar-refractivity contribution in [2.24, 2.45) is 0 Å². The number of halogens is 2. The zero-order chi connectivity index (χ0) is 20.6. The smallest absolute Gasteiger partial charge is 0.220 e. The van der Waals surface area contributed by atoms with E-state index in [9.17, 15) is 18.7 Å². The Morgan fingerprint density at radius 2 is 1.93 bits per heavy atom. The zero-order valence-corrected chi connectivity index (χ0v) is 16.3. The van der Waals surface area contributed by atoms with Crippen molar-refractivity contribution in [3.05, 3.63) is 59.2 Å². The van der Waals surface area contributed by atoms with Crippen LogP contribution >= 0.6 is 0 Å². The molecule has 4 rings (SSSR count). The fraction of sp³-hybridized carbons (Fsp3) is 0.348. The van der Waals surface area contributed by atoms with Crippen molar-refractivity contribution in [3.63, 3.8) is 0 Å². The first-order valence-corrected chi connectivity index (χ1v) is 9.89. The molecule has 0 unspecified atom stereocenters. The Hall–Kier alpha value is -2.73. The molecule has 0 aliphatic heterocycles.